The molecule has 0 spiro atoms. The van der Waals surface area contributed by atoms with E-state index in [0.717, 1.165) is 22.8 Å². The first kappa shape index (κ1) is 21.1. The summed E-state index contributed by atoms with van der Waals surface area (Å²) < 4.78 is 5.30. The molecule has 0 amide bonds. The lowest BCUT2D eigenvalue weighted by Gasteiger charge is -2.28. The highest BCUT2D eigenvalue weighted by Crippen LogP contribution is 2.36. The number of carbonyl (C=O) groups is 1. The van der Waals surface area contributed by atoms with E-state index in [1.54, 1.807) is 7.11 Å². The van der Waals surface area contributed by atoms with Crippen molar-refractivity contribution < 1.29 is 9.53 Å². The number of hydrogen-bond donors (Lipinski definition) is 1. The predicted octanol–water partition coefficient (Wildman–Crippen LogP) is 1.86. The number of aromatic nitrogens is 4. The lowest BCUT2D eigenvalue weighted by atomic mass is 9.81. The molecule has 0 bridgehead atoms. The van der Waals surface area contributed by atoms with E-state index in [4.69, 9.17) is 19.7 Å². The van der Waals surface area contributed by atoms with Crippen LogP contribution >= 0.6 is 0 Å². The van der Waals surface area contributed by atoms with E-state index in [9.17, 15) is 4.79 Å². The van der Waals surface area contributed by atoms with Gasteiger partial charge in [0.05, 0.1) is 23.7 Å². The number of hydrogen-bond acceptors (Lipinski definition) is 9. The molecule has 1 fully saturated rings. The lowest BCUT2D eigenvalue weighted by molar-refractivity contribution is -0.124. The first-order valence-corrected chi connectivity index (χ1v) is 9.73. The Hall–Kier alpha value is -2.65. The number of allylic oxidation sites excluding steroid dienone is 1. The number of carbonyl (C=O) groups excluding carboxylic acids is 1. The van der Waals surface area contributed by atoms with E-state index in [1.807, 2.05) is 51.0 Å². The Labute approximate surface area is 171 Å². The molecule has 0 atom stereocenters. The second-order valence-electron chi connectivity index (χ2n) is 7.37. The average Bonchev–Trinajstić information content (AvgIpc) is 2.66. The van der Waals surface area contributed by atoms with E-state index in [0.29, 0.717) is 43.1 Å². The summed E-state index contributed by atoms with van der Waals surface area (Å²) >= 11 is 0. The van der Waals surface area contributed by atoms with Crippen molar-refractivity contribution in [2.24, 2.45) is 0 Å². The normalized spacial score (nSPS) is 15.0. The van der Waals surface area contributed by atoms with Crippen molar-refractivity contribution in [3.05, 3.63) is 29.0 Å². The Morgan fingerprint density at radius 2 is 1.90 bits per heavy atom. The summed E-state index contributed by atoms with van der Waals surface area (Å²) in [5, 5.41) is 1.86. The van der Waals surface area contributed by atoms with E-state index >= 15 is 0 Å². The van der Waals surface area contributed by atoms with E-state index in [2.05, 4.69) is 10.4 Å². The Balaban J connectivity index is 2.13. The average molecular weight is 399 g/mol. The van der Waals surface area contributed by atoms with Crippen molar-refractivity contribution in [2.75, 3.05) is 39.3 Å². The molecule has 9 heteroatoms. The fourth-order valence-corrected chi connectivity index (χ4v) is 3.24. The van der Waals surface area contributed by atoms with Gasteiger partial charge < -0.3 is 14.6 Å². The Kier molecular flexibility index (Phi) is 6.39. The first-order chi connectivity index (χ1) is 13.8. The van der Waals surface area contributed by atoms with Crippen molar-refractivity contribution in [3.63, 3.8) is 0 Å². The van der Waals surface area contributed by atoms with Crippen LogP contribution in [0, 0.1) is 13.8 Å². The summed E-state index contributed by atoms with van der Waals surface area (Å²) in [6, 6.07) is 0. The van der Waals surface area contributed by atoms with Gasteiger partial charge in [-0.3, -0.25) is 4.79 Å². The molecule has 29 heavy (non-hydrogen) atoms. The molecular formula is C20H29N7O2. The van der Waals surface area contributed by atoms with Gasteiger partial charge in [0.25, 0.3) is 0 Å². The van der Waals surface area contributed by atoms with Crippen molar-refractivity contribution in [3.8, 4) is 0 Å². The molecule has 1 saturated carbocycles. The monoisotopic (exact) mass is 399 g/mol. The smallest absolute Gasteiger partial charge is 0.232 e. The molecular weight excluding hydrogens is 370 g/mol. The third-order valence-corrected chi connectivity index (χ3v) is 5.21. The van der Waals surface area contributed by atoms with Crippen LogP contribution < -0.4 is 10.3 Å². The van der Waals surface area contributed by atoms with Gasteiger partial charge in [0.15, 0.2) is 5.65 Å². The van der Waals surface area contributed by atoms with Crippen LogP contribution in [0.1, 0.15) is 42.8 Å². The van der Waals surface area contributed by atoms with Crippen LogP contribution in [-0.4, -0.2) is 65.1 Å². The Morgan fingerprint density at radius 1 is 1.21 bits per heavy atom. The largest absolute Gasteiger partial charge is 0.383 e. The van der Waals surface area contributed by atoms with Gasteiger partial charge in [-0.2, -0.15) is 4.98 Å². The number of Topliss-reactive ketones (excluding diaryl/α,β-unsaturated/α-hetero) is 1. The van der Waals surface area contributed by atoms with Gasteiger partial charge in [-0.25, -0.2) is 20.4 Å². The fraction of sp³-hybridized carbons (Fsp3) is 0.550. The quantitative estimate of drug-likeness (QED) is 0.667. The zero-order valence-electron chi connectivity index (χ0n) is 18.0. The van der Waals surface area contributed by atoms with Crippen LogP contribution in [0.3, 0.4) is 0 Å². The molecule has 0 radical (unpaired) electrons. The molecule has 2 aromatic rings. The van der Waals surface area contributed by atoms with Gasteiger partial charge >= 0.3 is 0 Å². The van der Waals surface area contributed by atoms with Crippen LogP contribution in [0.2, 0.25) is 0 Å². The summed E-state index contributed by atoms with van der Waals surface area (Å²) in [5.41, 5.74) is 7.74. The molecule has 0 saturated heterocycles. The third-order valence-electron chi connectivity index (χ3n) is 5.21. The van der Waals surface area contributed by atoms with Gasteiger partial charge in [-0.1, -0.05) is 0 Å². The van der Waals surface area contributed by atoms with Crippen molar-refractivity contribution >= 4 is 22.9 Å². The van der Waals surface area contributed by atoms with E-state index in [-0.39, 0.29) is 11.7 Å². The number of nitrogens with one attached hydrogen (secondary N) is 1. The Bertz CT molecular complexity index is 936. The highest BCUT2D eigenvalue weighted by Gasteiger charge is 2.32. The molecule has 0 aromatic carbocycles. The van der Waals surface area contributed by atoms with Crippen LogP contribution in [0.4, 0.5) is 5.95 Å². The number of methoxy groups -OCH3 is 1. The van der Waals surface area contributed by atoms with Gasteiger partial charge in [0, 0.05) is 58.4 Å². The van der Waals surface area contributed by atoms with Crippen LogP contribution in [0.25, 0.3) is 11.2 Å². The van der Waals surface area contributed by atoms with Gasteiger partial charge in [0.1, 0.15) is 11.3 Å². The molecule has 1 N–H and O–H groups in total. The number of aryl methyl sites for hydroxylation is 2. The number of nitrogens with zero attached hydrogens (tertiary/aromatic N) is 6. The zero-order chi connectivity index (χ0) is 21.1. The van der Waals surface area contributed by atoms with E-state index < -0.39 is 0 Å². The van der Waals surface area contributed by atoms with Crippen LogP contribution in [-0.2, 0) is 9.53 Å². The summed E-state index contributed by atoms with van der Waals surface area (Å²) in [4.78, 5) is 32.6. The molecule has 0 aliphatic heterocycles. The molecule has 9 nitrogen and oxygen atoms in total. The maximum absolute atomic E-state index is 11.6. The maximum atomic E-state index is 11.6. The Morgan fingerprint density at radius 3 is 2.52 bits per heavy atom. The predicted molar refractivity (Wildman–Crippen MR) is 111 cm³/mol. The number of ketones is 1. The van der Waals surface area contributed by atoms with Crippen LogP contribution in [0.15, 0.2) is 11.9 Å². The van der Waals surface area contributed by atoms with Crippen molar-refractivity contribution in [1.29, 1.82) is 0 Å². The standard InChI is InChI=1S/C20H29N7O2/c1-12(11-26(5)21-4)27(7-8-29-6)20-24-17(15-9-16(28)10-15)18-19(25-20)23-14(3)13(2)22-18/h11,15,21H,7-10H2,1-6H3. The number of anilines is 1. The topological polar surface area (TPSA) is 96.4 Å². The second-order valence-corrected chi connectivity index (χ2v) is 7.37. The maximum Gasteiger partial charge on any atom is 0.232 e. The molecule has 2 aromatic heterocycles. The van der Waals surface area contributed by atoms with Crippen LogP contribution in [0.5, 0.6) is 0 Å². The SMILES string of the molecule is CNN(C)C=C(C)N(CCOC)c1nc(C2CC(=O)C2)c2nc(C)c(C)nc2n1. The van der Waals surface area contributed by atoms with E-state index in [1.165, 1.54) is 0 Å². The minimum atomic E-state index is 0.0664. The minimum Gasteiger partial charge on any atom is -0.383 e. The second kappa shape index (κ2) is 8.79. The van der Waals surface area contributed by atoms with Gasteiger partial charge in [-0.05, 0) is 20.8 Å². The lowest BCUT2D eigenvalue weighted by Crippen LogP contribution is -2.32. The highest BCUT2D eigenvalue weighted by atomic mass is 16.5. The number of rotatable bonds is 8. The summed E-state index contributed by atoms with van der Waals surface area (Å²) in [6.07, 6.45) is 2.95. The molecule has 1 aliphatic rings. The number of ether oxygens (including phenoxy) is 1. The summed E-state index contributed by atoms with van der Waals surface area (Å²) in [6.45, 7) is 6.95. The summed E-state index contributed by atoms with van der Waals surface area (Å²) in [7, 11) is 5.44. The van der Waals surface area contributed by atoms with Gasteiger partial charge in [-0.15, -0.1) is 0 Å². The molecule has 2 heterocycles. The number of fused-ring (bicyclic) bond motifs is 1. The number of hydrazine groups is 1. The highest BCUT2D eigenvalue weighted by molar-refractivity contribution is 5.88. The summed E-state index contributed by atoms with van der Waals surface area (Å²) in [5.74, 6) is 0.861. The third kappa shape index (κ3) is 4.51. The molecule has 3 rings (SSSR count). The molecule has 1 aliphatic carbocycles. The first-order valence-electron chi connectivity index (χ1n) is 9.73. The van der Waals surface area contributed by atoms with Crippen molar-refractivity contribution in [1.82, 2.24) is 30.4 Å². The van der Waals surface area contributed by atoms with Gasteiger partial charge in [0.2, 0.25) is 5.95 Å². The molecule has 0 unspecified atom stereocenters. The van der Waals surface area contributed by atoms with Crippen molar-refractivity contribution in [2.45, 2.75) is 39.5 Å². The molecule has 156 valence electrons. The minimum absolute atomic E-state index is 0.0664. The fourth-order valence-electron chi connectivity index (χ4n) is 3.24. The zero-order valence-corrected chi connectivity index (χ0v) is 18.0.